The molecule has 8 heteroatoms. The van der Waals surface area contributed by atoms with Gasteiger partial charge in [0.1, 0.15) is 9.84 Å². The monoisotopic (exact) mass is 340 g/mol. The van der Waals surface area contributed by atoms with E-state index in [-0.39, 0.29) is 18.1 Å². The summed E-state index contributed by atoms with van der Waals surface area (Å²) in [6, 6.07) is 0. The lowest BCUT2D eigenvalue weighted by molar-refractivity contribution is 0.113. The predicted octanol–water partition coefficient (Wildman–Crippen LogP) is 0.590. The second kappa shape index (κ2) is 6.93. The van der Waals surface area contributed by atoms with E-state index in [1.165, 1.54) is 4.31 Å². The molecule has 1 aliphatic carbocycles. The van der Waals surface area contributed by atoms with Crippen LogP contribution in [0.4, 0.5) is 0 Å². The fourth-order valence-electron chi connectivity index (χ4n) is 3.34. The summed E-state index contributed by atoms with van der Waals surface area (Å²) in [6.07, 6.45) is 4.59. The highest BCUT2D eigenvalue weighted by Gasteiger charge is 2.44. The van der Waals surface area contributed by atoms with Crippen LogP contribution in [0.5, 0.6) is 0 Å². The number of hydrogen-bond donors (Lipinski definition) is 1. The topological polar surface area (TPSA) is 97.5 Å². The van der Waals surface area contributed by atoms with Gasteiger partial charge >= 0.3 is 0 Å². The number of nitrogens with two attached hydrogens (primary N) is 1. The highest BCUT2D eigenvalue weighted by Crippen LogP contribution is 2.37. The molecule has 0 amide bonds. The molecule has 1 rings (SSSR count). The first-order valence-electron chi connectivity index (χ1n) is 7.44. The van der Waals surface area contributed by atoms with E-state index in [0.717, 1.165) is 31.9 Å². The normalized spacial score (nSPS) is 28.0. The zero-order valence-electron chi connectivity index (χ0n) is 13.2. The van der Waals surface area contributed by atoms with Gasteiger partial charge in [-0.2, -0.15) is 4.31 Å². The van der Waals surface area contributed by atoms with E-state index in [1.807, 2.05) is 0 Å². The van der Waals surface area contributed by atoms with E-state index in [4.69, 9.17) is 5.73 Å². The van der Waals surface area contributed by atoms with Crippen molar-refractivity contribution in [1.82, 2.24) is 4.31 Å². The van der Waals surface area contributed by atoms with Crippen molar-refractivity contribution in [2.24, 2.45) is 11.7 Å². The van der Waals surface area contributed by atoms with Crippen molar-refractivity contribution in [3.05, 3.63) is 0 Å². The summed E-state index contributed by atoms with van der Waals surface area (Å²) in [4.78, 5) is 0. The number of likely N-dealkylation sites (N-methyl/N-ethyl adjacent to an activating group) is 1. The van der Waals surface area contributed by atoms with Gasteiger partial charge in [-0.1, -0.05) is 26.7 Å². The molecule has 126 valence electrons. The van der Waals surface area contributed by atoms with Gasteiger partial charge < -0.3 is 5.73 Å². The smallest absolute Gasteiger partial charge is 0.215 e. The van der Waals surface area contributed by atoms with Crippen molar-refractivity contribution in [1.29, 1.82) is 0 Å². The molecule has 0 bridgehead atoms. The molecule has 6 nitrogen and oxygen atoms in total. The largest absolute Gasteiger partial charge is 0.329 e. The fraction of sp³-hybridized carbons (Fsp3) is 1.00. The summed E-state index contributed by atoms with van der Waals surface area (Å²) in [5.74, 6) is -0.279. The molecule has 2 unspecified atom stereocenters. The molecule has 0 aromatic rings. The summed E-state index contributed by atoms with van der Waals surface area (Å²) >= 11 is 0. The van der Waals surface area contributed by atoms with Crippen LogP contribution in [0, 0.1) is 5.92 Å². The van der Waals surface area contributed by atoms with Crippen LogP contribution in [0.15, 0.2) is 0 Å². The van der Waals surface area contributed by atoms with Gasteiger partial charge in [-0.15, -0.1) is 0 Å². The maximum atomic E-state index is 12.6. The number of nitrogens with zero attached hydrogens (tertiary/aromatic N) is 1. The second-order valence-electron chi connectivity index (χ2n) is 6.24. The molecule has 0 heterocycles. The third-order valence-corrected chi connectivity index (χ3v) is 7.55. The molecule has 0 spiro atoms. The fourth-order valence-corrected chi connectivity index (χ4v) is 6.84. The highest BCUT2D eigenvalue weighted by atomic mass is 32.2. The third kappa shape index (κ3) is 4.91. The molecule has 0 aliphatic heterocycles. The van der Waals surface area contributed by atoms with Gasteiger partial charge in [-0.3, -0.25) is 0 Å². The Morgan fingerprint density at radius 1 is 1.24 bits per heavy atom. The SMILES string of the molecule is CCN(C1(CN)CCCC(C)C1)S(=O)(=O)CCS(C)(=O)=O. The lowest BCUT2D eigenvalue weighted by atomic mass is 9.76. The Labute approximate surface area is 129 Å². The number of sulfone groups is 1. The van der Waals surface area contributed by atoms with Crippen molar-refractivity contribution in [3.63, 3.8) is 0 Å². The van der Waals surface area contributed by atoms with Crippen molar-refractivity contribution >= 4 is 19.9 Å². The van der Waals surface area contributed by atoms with E-state index >= 15 is 0 Å². The molecule has 2 atom stereocenters. The number of sulfonamides is 1. The summed E-state index contributed by atoms with van der Waals surface area (Å²) in [5, 5.41) is 0. The Bertz CT molecular complexity index is 545. The standard InChI is InChI=1S/C13H28N2O4S2/c1-4-15(21(18,19)9-8-20(3,16)17)13(11-14)7-5-6-12(2)10-13/h12H,4-11,14H2,1-3H3. The average Bonchev–Trinajstić information content (AvgIpc) is 2.36. The number of rotatable bonds is 7. The van der Waals surface area contributed by atoms with Crippen molar-refractivity contribution < 1.29 is 16.8 Å². The van der Waals surface area contributed by atoms with E-state index in [0.29, 0.717) is 12.5 Å². The highest BCUT2D eigenvalue weighted by molar-refractivity contribution is 7.93. The van der Waals surface area contributed by atoms with Crippen LogP contribution in [-0.4, -0.2) is 57.5 Å². The van der Waals surface area contributed by atoms with E-state index in [2.05, 4.69) is 6.92 Å². The molecule has 1 aliphatic rings. The minimum atomic E-state index is -3.63. The van der Waals surface area contributed by atoms with Gasteiger partial charge in [0.15, 0.2) is 0 Å². The average molecular weight is 341 g/mol. The molecule has 0 aromatic heterocycles. The maximum Gasteiger partial charge on any atom is 0.215 e. The van der Waals surface area contributed by atoms with Crippen LogP contribution in [0.25, 0.3) is 0 Å². The van der Waals surface area contributed by atoms with Gasteiger partial charge in [-0.25, -0.2) is 16.8 Å². The Balaban J connectivity index is 3.03. The zero-order chi connectivity index (χ0) is 16.3. The second-order valence-corrected chi connectivity index (χ2v) is 10.5. The summed E-state index contributed by atoms with van der Waals surface area (Å²) in [5.41, 5.74) is 5.38. The van der Waals surface area contributed by atoms with Crippen LogP contribution >= 0.6 is 0 Å². The number of hydrogen-bond acceptors (Lipinski definition) is 5. The van der Waals surface area contributed by atoms with Crippen LogP contribution < -0.4 is 5.73 Å². The van der Waals surface area contributed by atoms with Gasteiger partial charge in [0.2, 0.25) is 10.0 Å². The summed E-state index contributed by atoms with van der Waals surface area (Å²) in [7, 11) is -6.93. The maximum absolute atomic E-state index is 12.6. The van der Waals surface area contributed by atoms with E-state index in [1.54, 1.807) is 6.92 Å². The summed E-state index contributed by atoms with van der Waals surface area (Å²) < 4.78 is 49.1. The Morgan fingerprint density at radius 3 is 2.29 bits per heavy atom. The predicted molar refractivity (Wildman–Crippen MR) is 85.3 cm³/mol. The Kier molecular flexibility index (Phi) is 6.23. The molecule has 0 aromatic carbocycles. The van der Waals surface area contributed by atoms with Crippen molar-refractivity contribution in [3.8, 4) is 0 Å². The molecule has 0 radical (unpaired) electrons. The molecule has 2 N–H and O–H groups in total. The summed E-state index contributed by atoms with van der Waals surface area (Å²) in [6.45, 7) is 4.51. The minimum absolute atomic E-state index is 0.281. The molecule has 1 saturated carbocycles. The van der Waals surface area contributed by atoms with Gasteiger partial charge in [0.05, 0.1) is 11.5 Å². The third-order valence-electron chi connectivity index (χ3n) is 4.31. The van der Waals surface area contributed by atoms with Gasteiger partial charge in [-0.05, 0) is 18.8 Å². The molecule has 0 saturated heterocycles. The van der Waals surface area contributed by atoms with E-state index in [9.17, 15) is 16.8 Å². The molecular weight excluding hydrogens is 312 g/mol. The van der Waals surface area contributed by atoms with Crippen LogP contribution in [0.3, 0.4) is 0 Å². The first-order chi connectivity index (χ1) is 9.56. The van der Waals surface area contributed by atoms with Gasteiger partial charge in [0.25, 0.3) is 0 Å². The minimum Gasteiger partial charge on any atom is -0.329 e. The molecular formula is C13H28N2O4S2. The lowest BCUT2D eigenvalue weighted by Crippen LogP contribution is -2.58. The molecule has 21 heavy (non-hydrogen) atoms. The first-order valence-corrected chi connectivity index (χ1v) is 11.1. The van der Waals surface area contributed by atoms with Crippen LogP contribution in [-0.2, 0) is 19.9 Å². The lowest BCUT2D eigenvalue weighted by Gasteiger charge is -2.46. The first kappa shape index (κ1) is 18.9. The Morgan fingerprint density at radius 2 is 1.86 bits per heavy atom. The van der Waals surface area contributed by atoms with E-state index < -0.39 is 25.4 Å². The van der Waals surface area contributed by atoms with Crippen LogP contribution in [0.2, 0.25) is 0 Å². The van der Waals surface area contributed by atoms with Gasteiger partial charge in [0, 0.05) is 24.9 Å². The van der Waals surface area contributed by atoms with Crippen LogP contribution in [0.1, 0.15) is 39.5 Å². The quantitative estimate of drug-likeness (QED) is 0.731. The Hall–Kier alpha value is -0.180. The molecule has 1 fully saturated rings. The van der Waals surface area contributed by atoms with Crippen molar-refractivity contribution in [2.75, 3.05) is 30.9 Å². The zero-order valence-corrected chi connectivity index (χ0v) is 14.8. The van der Waals surface area contributed by atoms with Crippen molar-refractivity contribution in [2.45, 2.75) is 45.1 Å².